The van der Waals surface area contributed by atoms with E-state index in [0.29, 0.717) is 0 Å². The predicted molar refractivity (Wildman–Crippen MR) is 173 cm³/mol. The van der Waals surface area contributed by atoms with Gasteiger partial charge in [0.15, 0.2) is 0 Å². The fourth-order valence-corrected chi connectivity index (χ4v) is 7.42. The third-order valence-corrected chi connectivity index (χ3v) is 9.42. The Labute approximate surface area is 243 Å². The molecule has 6 aromatic rings. The summed E-state index contributed by atoms with van der Waals surface area (Å²) >= 11 is 0. The zero-order valence-electron chi connectivity index (χ0n) is 23.2. The first-order chi connectivity index (χ1) is 20.3. The average Bonchev–Trinajstić information content (AvgIpc) is 3.66. The summed E-state index contributed by atoms with van der Waals surface area (Å²) in [5, 5.41) is 0. The van der Waals surface area contributed by atoms with Crippen molar-refractivity contribution in [1.82, 2.24) is 0 Å². The standard InChI is InChI=1S/C41H32/c1-2-11-29(12-3-1)30-13-8-14-31(25-30)32-15-9-16-33(26-32)34-17-10-18-35(27-34)36-21-22-38-37-19-4-5-20-39(37)41(40(38)28-36)23-6-7-24-41/h1-5,8-22,25-28H,6-7,23-24H2. The van der Waals surface area contributed by atoms with Gasteiger partial charge in [-0.05, 0) is 104 Å². The van der Waals surface area contributed by atoms with Gasteiger partial charge in [0.2, 0.25) is 0 Å². The fourth-order valence-electron chi connectivity index (χ4n) is 7.42. The predicted octanol–water partition coefficient (Wildman–Crippen LogP) is 11.2. The summed E-state index contributed by atoms with van der Waals surface area (Å²) in [7, 11) is 0. The van der Waals surface area contributed by atoms with Gasteiger partial charge in [0.25, 0.3) is 0 Å². The van der Waals surface area contributed by atoms with Gasteiger partial charge >= 0.3 is 0 Å². The van der Waals surface area contributed by atoms with Crippen molar-refractivity contribution in [3.05, 3.63) is 157 Å². The second-order valence-electron chi connectivity index (χ2n) is 11.7. The SMILES string of the molecule is c1ccc(-c2cccc(-c3cccc(-c4cccc(-c5ccc6c(c5)C5(CCCC5)c5ccccc5-6)c4)c3)c2)cc1. The first-order valence-electron chi connectivity index (χ1n) is 14.9. The van der Waals surface area contributed by atoms with Crippen LogP contribution in [-0.2, 0) is 5.41 Å². The summed E-state index contributed by atoms with van der Waals surface area (Å²) in [5.41, 5.74) is 16.2. The smallest absolute Gasteiger partial charge is 0.0215 e. The highest BCUT2D eigenvalue weighted by molar-refractivity contribution is 5.85. The van der Waals surface area contributed by atoms with Crippen molar-refractivity contribution >= 4 is 0 Å². The van der Waals surface area contributed by atoms with E-state index in [2.05, 4.69) is 146 Å². The first-order valence-corrected chi connectivity index (χ1v) is 14.9. The van der Waals surface area contributed by atoms with Gasteiger partial charge in [-0.1, -0.05) is 134 Å². The van der Waals surface area contributed by atoms with Gasteiger partial charge in [-0.25, -0.2) is 0 Å². The fraction of sp³-hybridized carbons (Fsp3) is 0.122. The number of hydrogen-bond donors (Lipinski definition) is 0. The second-order valence-corrected chi connectivity index (χ2v) is 11.7. The lowest BCUT2D eigenvalue weighted by atomic mass is 9.76. The lowest BCUT2D eigenvalue weighted by Crippen LogP contribution is -2.20. The molecule has 2 aliphatic carbocycles. The van der Waals surface area contributed by atoms with Crippen molar-refractivity contribution < 1.29 is 0 Å². The molecule has 0 aliphatic heterocycles. The molecular weight excluding hydrogens is 492 g/mol. The van der Waals surface area contributed by atoms with Gasteiger partial charge in [-0.3, -0.25) is 0 Å². The molecule has 0 aromatic heterocycles. The third-order valence-electron chi connectivity index (χ3n) is 9.42. The number of benzene rings is 6. The minimum Gasteiger partial charge on any atom is -0.0622 e. The van der Waals surface area contributed by atoms with Crippen LogP contribution in [-0.4, -0.2) is 0 Å². The minimum atomic E-state index is 0.197. The van der Waals surface area contributed by atoms with Crippen LogP contribution in [0, 0.1) is 0 Å². The average molecular weight is 525 g/mol. The highest BCUT2D eigenvalue weighted by Crippen LogP contribution is 2.57. The Bertz CT molecular complexity index is 1890. The molecule has 8 rings (SSSR count). The Morgan fingerprint density at radius 3 is 1.34 bits per heavy atom. The summed E-state index contributed by atoms with van der Waals surface area (Å²) in [6.45, 7) is 0. The van der Waals surface area contributed by atoms with E-state index in [-0.39, 0.29) is 5.41 Å². The maximum Gasteiger partial charge on any atom is 0.0215 e. The molecule has 1 spiro atoms. The Kier molecular flexibility index (Phi) is 5.74. The zero-order chi connectivity index (χ0) is 27.2. The lowest BCUT2D eigenvalue weighted by Gasteiger charge is -2.27. The Morgan fingerprint density at radius 2 is 0.756 bits per heavy atom. The van der Waals surface area contributed by atoms with E-state index in [0.717, 1.165) is 0 Å². The molecule has 0 nitrogen and oxygen atoms in total. The van der Waals surface area contributed by atoms with Gasteiger partial charge in [-0.2, -0.15) is 0 Å². The molecule has 0 amide bonds. The van der Waals surface area contributed by atoms with Crippen LogP contribution in [0.25, 0.3) is 55.6 Å². The van der Waals surface area contributed by atoms with Crippen molar-refractivity contribution in [2.75, 3.05) is 0 Å². The first kappa shape index (κ1) is 24.1. The van der Waals surface area contributed by atoms with Crippen LogP contribution in [0.3, 0.4) is 0 Å². The summed E-state index contributed by atoms with van der Waals surface area (Å²) < 4.78 is 0. The summed E-state index contributed by atoms with van der Waals surface area (Å²) in [5.74, 6) is 0. The van der Waals surface area contributed by atoms with E-state index in [9.17, 15) is 0 Å². The van der Waals surface area contributed by atoms with Gasteiger partial charge in [0, 0.05) is 5.41 Å². The molecular formula is C41H32. The molecule has 0 N–H and O–H groups in total. The van der Waals surface area contributed by atoms with E-state index in [1.54, 1.807) is 11.1 Å². The third kappa shape index (κ3) is 4.06. The molecule has 0 unspecified atom stereocenters. The van der Waals surface area contributed by atoms with Gasteiger partial charge < -0.3 is 0 Å². The molecule has 1 saturated carbocycles. The van der Waals surface area contributed by atoms with Gasteiger partial charge in [-0.15, -0.1) is 0 Å². The molecule has 0 radical (unpaired) electrons. The molecule has 6 aromatic carbocycles. The largest absolute Gasteiger partial charge is 0.0622 e. The number of rotatable bonds is 4. The minimum absolute atomic E-state index is 0.197. The lowest BCUT2D eigenvalue weighted by molar-refractivity contribution is 0.550. The monoisotopic (exact) mass is 524 g/mol. The quantitative estimate of drug-likeness (QED) is 0.215. The van der Waals surface area contributed by atoms with Crippen LogP contribution >= 0.6 is 0 Å². The molecule has 1 fully saturated rings. The molecule has 2 aliphatic rings. The molecule has 0 heteroatoms. The zero-order valence-corrected chi connectivity index (χ0v) is 23.2. The molecule has 0 bridgehead atoms. The molecule has 41 heavy (non-hydrogen) atoms. The van der Waals surface area contributed by atoms with Crippen molar-refractivity contribution in [2.24, 2.45) is 0 Å². The molecule has 0 atom stereocenters. The van der Waals surface area contributed by atoms with Crippen LogP contribution in [0.2, 0.25) is 0 Å². The summed E-state index contributed by atoms with van der Waals surface area (Å²) in [6, 6.07) is 53.9. The van der Waals surface area contributed by atoms with E-state index < -0.39 is 0 Å². The van der Waals surface area contributed by atoms with E-state index in [1.807, 2.05) is 0 Å². The maximum atomic E-state index is 2.51. The van der Waals surface area contributed by atoms with Crippen LogP contribution in [0.1, 0.15) is 36.8 Å². The normalized spacial score (nSPS) is 14.6. The molecule has 0 saturated heterocycles. The van der Waals surface area contributed by atoms with E-state index in [4.69, 9.17) is 0 Å². The Morgan fingerprint density at radius 1 is 0.317 bits per heavy atom. The van der Waals surface area contributed by atoms with Gasteiger partial charge in [0.1, 0.15) is 0 Å². The topological polar surface area (TPSA) is 0 Å². The van der Waals surface area contributed by atoms with Crippen LogP contribution in [0.4, 0.5) is 0 Å². The molecule has 196 valence electrons. The Hall–Kier alpha value is -4.68. The summed E-state index contributed by atoms with van der Waals surface area (Å²) in [6.07, 6.45) is 5.16. The van der Waals surface area contributed by atoms with Gasteiger partial charge in [0.05, 0.1) is 0 Å². The van der Waals surface area contributed by atoms with Crippen LogP contribution < -0.4 is 0 Å². The van der Waals surface area contributed by atoms with Crippen LogP contribution in [0.5, 0.6) is 0 Å². The van der Waals surface area contributed by atoms with E-state index >= 15 is 0 Å². The van der Waals surface area contributed by atoms with E-state index in [1.165, 1.54) is 81.3 Å². The summed E-state index contributed by atoms with van der Waals surface area (Å²) in [4.78, 5) is 0. The van der Waals surface area contributed by atoms with Crippen molar-refractivity contribution in [2.45, 2.75) is 31.1 Å². The number of fused-ring (bicyclic) bond motifs is 5. The van der Waals surface area contributed by atoms with Crippen molar-refractivity contribution in [3.63, 3.8) is 0 Å². The van der Waals surface area contributed by atoms with Crippen LogP contribution in [0.15, 0.2) is 146 Å². The maximum absolute atomic E-state index is 2.51. The van der Waals surface area contributed by atoms with Crippen molar-refractivity contribution in [1.29, 1.82) is 0 Å². The highest BCUT2D eigenvalue weighted by atomic mass is 14.5. The second kappa shape index (κ2) is 9.75. The Balaban J connectivity index is 1.16. The number of hydrogen-bond acceptors (Lipinski definition) is 0. The highest BCUT2D eigenvalue weighted by Gasteiger charge is 2.44. The molecule has 0 heterocycles. The van der Waals surface area contributed by atoms with Crippen molar-refractivity contribution in [3.8, 4) is 55.6 Å².